The molecule has 2 aromatic heterocycles. The van der Waals surface area contributed by atoms with Crippen molar-refractivity contribution in [1.82, 2.24) is 19.4 Å². The molecule has 0 aliphatic carbocycles. The topological polar surface area (TPSA) is 114 Å². The second kappa shape index (κ2) is 11.6. The second-order valence-corrected chi connectivity index (χ2v) is 10.7. The number of hydrogen-bond acceptors (Lipinski definition) is 7. The van der Waals surface area contributed by atoms with Crippen molar-refractivity contribution in [2.24, 2.45) is 5.92 Å². The Hall–Kier alpha value is -4.33. The van der Waals surface area contributed by atoms with E-state index in [0.717, 1.165) is 61.5 Å². The summed E-state index contributed by atoms with van der Waals surface area (Å²) in [5, 5.41) is 18.4. The fourth-order valence-corrected chi connectivity index (χ4v) is 5.52. The summed E-state index contributed by atoms with van der Waals surface area (Å²) in [5.74, 6) is 0.353. The van der Waals surface area contributed by atoms with Crippen molar-refractivity contribution in [3.05, 3.63) is 88.6 Å². The summed E-state index contributed by atoms with van der Waals surface area (Å²) in [4.78, 5) is 23.5. The van der Waals surface area contributed by atoms with Gasteiger partial charge in [0, 0.05) is 30.5 Å². The maximum absolute atomic E-state index is 14.2. The summed E-state index contributed by atoms with van der Waals surface area (Å²) in [7, 11) is 0. The highest BCUT2D eigenvalue weighted by atomic mass is 19.1. The molecular weight excluding hydrogens is 525 g/mol. The van der Waals surface area contributed by atoms with E-state index in [1.807, 2.05) is 18.2 Å². The summed E-state index contributed by atoms with van der Waals surface area (Å²) in [6.45, 7) is 3.96. The molecule has 2 aromatic carbocycles. The number of rotatable bonds is 10. The summed E-state index contributed by atoms with van der Waals surface area (Å²) < 4.78 is 27.8. The van der Waals surface area contributed by atoms with E-state index in [0.29, 0.717) is 30.5 Å². The fourth-order valence-electron chi connectivity index (χ4n) is 5.52. The number of ether oxygens (including phenoxy) is 2. The molecule has 9 nitrogen and oxygen atoms in total. The molecular formula is C31H30FN5O4. The third kappa shape index (κ3) is 6.06. The van der Waals surface area contributed by atoms with Crippen molar-refractivity contribution in [1.29, 1.82) is 5.26 Å². The van der Waals surface area contributed by atoms with Crippen LogP contribution in [0.25, 0.3) is 11.0 Å². The molecule has 0 spiro atoms. The van der Waals surface area contributed by atoms with Crippen LogP contribution >= 0.6 is 0 Å². The van der Waals surface area contributed by atoms with Crippen LogP contribution in [0.5, 0.6) is 5.88 Å². The monoisotopic (exact) mass is 555 g/mol. The highest BCUT2D eigenvalue weighted by Crippen LogP contribution is 2.26. The number of carbonyl (C=O) groups is 1. The predicted molar refractivity (Wildman–Crippen MR) is 148 cm³/mol. The first-order chi connectivity index (χ1) is 19.9. The van der Waals surface area contributed by atoms with Crippen LogP contribution in [0.3, 0.4) is 0 Å². The SMILES string of the molecule is N#Cc1ccc(COc2cccc(CC3CCN(Cc4nc5ccc(C(=O)O)cc5n4CC4CCO4)C3)n2)c(F)c1. The Morgan fingerprint density at radius 1 is 1.17 bits per heavy atom. The van der Waals surface area contributed by atoms with Gasteiger partial charge in [-0.15, -0.1) is 0 Å². The van der Waals surface area contributed by atoms with Gasteiger partial charge in [0.25, 0.3) is 0 Å². The average Bonchev–Trinajstić information content (AvgIpc) is 3.53. The number of imidazole rings is 1. The molecule has 0 bridgehead atoms. The number of carboxylic acids is 1. The number of halogens is 1. The normalized spacial score (nSPS) is 18.7. The molecule has 10 heteroatoms. The molecule has 0 amide bonds. The van der Waals surface area contributed by atoms with Gasteiger partial charge in [-0.05, 0) is 68.1 Å². The summed E-state index contributed by atoms with van der Waals surface area (Å²) in [6.07, 6.45) is 2.94. The zero-order chi connectivity index (χ0) is 28.3. The lowest BCUT2D eigenvalue weighted by Gasteiger charge is -2.28. The Bertz CT molecular complexity index is 1630. The Morgan fingerprint density at radius 2 is 2.05 bits per heavy atom. The summed E-state index contributed by atoms with van der Waals surface area (Å²) >= 11 is 0. The highest BCUT2D eigenvalue weighted by molar-refractivity contribution is 5.92. The number of hydrogen-bond donors (Lipinski definition) is 1. The van der Waals surface area contributed by atoms with Gasteiger partial charge in [0.1, 0.15) is 18.2 Å². The molecule has 2 saturated heterocycles. The van der Waals surface area contributed by atoms with Crippen molar-refractivity contribution in [2.45, 2.75) is 45.1 Å². The van der Waals surface area contributed by atoms with Crippen molar-refractivity contribution >= 4 is 17.0 Å². The van der Waals surface area contributed by atoms with E-state index in [9.17, 15) is 14.3 Å². The van der Waals surface area contributed by atoms with Crippen molar-refractivity contribution in [3.8, 4) is 11.9 Å². The van der Waals surface area contributed by atoms with Crippen LogP contribution in [0.2, 0.25) is 0 Å². The van der Waals surface area contributed by atoms with Crippen LogP contribution < -0.4 is 4.74 Å². The number of aromatic carboxylic acids is 1. The van der Waals surface area contributed by atoms with E-state index >= 15 is 0 Å². The molecule has 2 unspecified atom stereocenters. The maximum atomic E-state index is 14.2. The number of carboxylic acid groups (broad SMARTS) is 1. The first kappa shape index (κ1) is 26.9. The van der Waals surface area contributed by atoms with Gasteiger partial charge in [-0.2, -0.15) is 5.26 Å². The van der Waals surface area contributed by atoms with Crippen LogP contribution in [-0.2, 0) is 30.9 Å². The van der Waals surface area contributed by atoms with E-state index in [-0.39, 0.29) is 23.8 Å². The Balaban J connectivity index is 1.09. The highest BCUT2D eigenvalue weighted by Gasteiger charge is 2.27. The van der Waals surface area contributed by atoms with Crippen LogP contribution in [0.4, 0.5) is 4.39 Å². The van der Waals surface area contributed by atoms with E-state index in [1.54, 1.807) is 36.4 Å². The van der Waals surface area contributed by atoms with Gasteiger partial charge in [0.05, 0.1) is 47.4 Å². The molecule has 4 heterocycles. The van der Waals surface area contributed by atoms with Gasteiger partial charge in [0.2, 0.25) is 5.88 Å². The maximum Gasteiger partial charge on any atom is 0.335 e. The quantitative estimate of drug-likeness (QED) is 0.303. The number of pyridine rings is 1. The fraction of sp³-hybridized carbons (Fsp3) is 0.355. The molecule has 2 fully saturated rings. The molecule has 210 valence electrons. The van der Waals surface area contributed by atoms with Gasteiger partial charge >= 0.3 is 5.97 Å². The number of nitrogens with zero attached hydrogens (tertiary/aromatic N) is 5. The van der Waals surface area contributed by atoms with E-state index in [1.165, 1.54) is 6.07 Å². The van der Waals surface area contributed by atoms with Gasteiger partial charge in [-0.25, -0.2) is 19.2 Å². The van der Waals surface area contributed by atoms with Crippen LogP contribution in [-0.4, -0.2) is 56.3 Å². The van der Waals surface area contributed by atoms with E-state index < -0.39 is 11.8 Å². The summed E-state index contributed by atoms with van der Waals surface area (Å²) in [6, 6.07) is 17.0. The molecule has 2 aliphatic heterocycles. The van der Waals surface area contributed by atoms with Gasteiger partial charge in [-0.1, -0.05) is 12.1 Å². The average molecular weight is 556 g/mol. The van der Waals surface area contributed by atoms with Gasteiger partial charge in [-0.3, -0.25) is 4.90 Å². The van der Waals surface area contributed by atoms with Crippen LogP contribution in [0.15, 0.2) is 54.6 Å². The van der Waals surface area contributed by atoms with Crippen LogP contribution in [0, 0.1) is 23.1 Å². The van der Waals surface area contributed by atoms with Crippen molar-refractivity contribution in [3.63, 3.8) is 0 Å². The van der Waals surface area contributed by atoms with Gasteiger partial charge in [0.15, 0.2) is 0 Å². The first-order valence-electron chi connectivity index (χ1n) is 13.8. The molecule has 0 radical (unpaired) electrons. The minimum absolute atomic E-state index is 0.0338. The standard InChI is InChI=1S/C31H30FN5O4/c32-26-13-20(15-33)4-5-23(26)19-41-30-3-1-2-24(34-30)12-21-8-10-36(16-21)18-29-35-27-7-6-22(31(38)39)14-28(27)37(29)17-25-9-11-40-25/h1-7,13-14,21,25H,8-12,16-19H2,(H,38,39). The third-order valence-electron chi connectivity index (χ3n) is 7.83. The van der Waals surface area contributed by atoms with Crippen LogP contribution in [0.1, 0.15) is 45.8 Å². The lowest BCUT2D eigenvalue weighted by atomic mass is 10.0. The number of aromatic nitrogens is 3. The molecule has 4 aromatic rings. The van der Waals surface area contributed by atoms with Crippen molar-refractivity contribution in [2.75, 3.05) is 19.7 Å². The summed E-state index contributed by atoms with van der Waals surface area (Å²) in [5.41, 5.74) is 3.44. The molecule has 2 aliphatic rings. The van der Waals surface area contributed by atoms with Crippen molar-refractivity contribution < 1.29 is 23.8 Å². The van der Waals surface area contributed by atoms with E-state index in [4.69, 9.17) is 19.7 Å². The Morgan fingerprint density at radius 3 is 2.80 bits per heavy atom. The molecule has 1 N–H and O–H groups in total. The minimum Gasteiger partial charge on any atom is -0.478 e. The predicted octanol–water partition coefficient (Wildman–Crippen LogP) is 4.57. The third-order valence-corrected chi connectivity index (χ3v) is 7.83. The number of fused-ring (bicyclic) bond motifs is 1. The zero-order valence-corrected chi connectivity index (χ0v) is 22.5. The zero-order valence-electron chi connectivity index (χ0n) is 22.5. The Labute approximate surface area is 236 Å². The lowest BCUT2D eigenvalue weighted by molar-refractivity contribution is -0.0591. The van der Waals surface area contributed by atoms with Gasteiger partial charge < -0.3 is 19.1 Å². The molecule has 6 rings (SSSR count). The number of likely N-dealkylation sites (tertiary alicyclic amines) is 1. The minimum atomic E-state index is -0.951. The van der Waals surface area contributed by atoms with E-state index in [2.05, 4.69) is 14.5 Å². The molecule has 2 atom stereocenters. The largest absolute Gasteiger partial charge is 0.478 e. The Kier molecular flexibility index (Phi) is 7.63. The first-order valence-corrected chi connectivity index (χ1v) is 13.8. The number of benzene rings is 2. The number of nitriles is 1. The second-order valence-electron chi connectivity index (χ2n) is 10.7. The molecule has 41 heavy (non-hydrogen) atoms. The molecule has 0 saturated carbocycles. The lowest BCUT2D eigenvalue weighted by Crippen LogP contribution is -2.32. The smallest absolute Gasteiger partial charge is 0.335 e.